The van der Waals surface area contributed by atoms with Gasteiger partial charge in [-0.15, -0.1) is 0 Å². The lowest BCUT2D eigenvalue weighted by atomic mass is 9.96. The summed E-state index contributed by atoms with van der Waals surface area (Å²) in [5.74, 6) is 2.55. The average molecular weight is 522 g/mol. The molecular weight excluding hydrogens is 490 g/mol. The minimum atomic E-state index is -0.207. The first-order chi connectivity index (χ1) is 18.6. The number of amides is 2. The van der Waals surface area contributed by atoms with Gasteiger partial charge in [0.25, 0.3) is 5.91 Å². The first-order valence-electron chi connectivity index (χ1n) is 13.0. The van der Waals surface area contributed by atoms with Gasteiger partial charge in [0.2, 0.25) is 12.7 Å². The molecule has 0 bridgehead atoms. The van der Waals surface area contributed by atoms with E-state index in [1.807, 2.05) is 17.0 Å². The largest absolute Gasteiger partial charge is 0.492 e. The number of H-pyrrole nitrogens is 1. The third kappa shape index (κ3) is 4.85. The SMILES string of the molecule is COCC(=O)N1CCC(CNC(=O)c2c[nH]c3c(-c4c(OCC5CC5)ccc5c4OCO5)ncnc23)CC1. The highest BCUT2D eigenvalue weighted by atomic mass is 16.7. The van der Waals surface area contributed by atoms with E-state index in [1.165, 1.54) is 26.3 Å². The van der Waals surface area contributed by atoms with Crippen LogP contribution in [0.25, 0.3) is 22.3 Å². The summed E-state index contributed by atoms with van der Waals surface area (Å²) in [4.78, 5) is 39.2. The molecule has 200 valence electrons. The number of aromatic amines is 1. The number of aromatic nitrogens is 3. The molecule has 1 saturated heterocycles. The summed E-state index contributed by atoms with van der Waals surface area (Å²) in [7, 11) is 1.52. The Morgan fingerprint density at radius 2 is 1.97 bits per heavy atom. The van der Waals surface area contributed by atoms with E-state index in [0.29, 0.717) is 83.2 Å². The molecule has 38 heavy (non-hydrogen) atoms. The first-order valence-corrected chi connectivity index (χ1v) is 13.0. The fourth-order valence-electron chi connectivity index (χ4n) is 5.03. The van der Waals surface area contributed by atoms with Gasteiger partial charge >= 0.3 is 0 Å². The number of nitrogens with zero attached hydrogens (tertiary/aromatic N) is 3. The van der Waals surface area contributed by atoms with Crippen LogP contribution >= 0.6 is 0 Å². The maximum Gasteiger partial charge on any atom is 0.255 e. The van der Waals surface area contributed by atoms with Gasteiger partial charge < -0.3 is 34.1 Å². The Bertz CT molecular complexity index is 1350. The van der Waals surface area contributed by atoms with Crippen molar-refractivity contribution in [1.82, 2.24) is 25.2 Å². The number of rotatable bonds is 9. The van der Waals surface area contributed by atoms with E-state index in [0.717, 1.165) is 12.8 Å². The molecule has 0 unspecified atom stereocenters. The molecule has 2 amide bonds. The van der Waals surface area contributed by atoms with Gasteiger partial charge in [0.05, 0.1) is 23.3 Å². The van der Waals surface area contributed by atoms with E-state index in [4.69, 9.17) is 18.9 Å². The molecule has 2 aromatic heterocycles. The molecule has 0 radical (unpaired) electrons. The van der Waals surface area contributed by atoms with Crippen molar-refractivity contribution >= 4 is 22.8 Å². The van der Waals surface area contributed by atoms with Crippen molar-refractivity contribution in [3.63, 3.8) is 0 Å². The van der Waals surface area contributed by atoms with E-state index >= 15 is 0 Å². The van der Waals surface area contributed by atoms with Crippen molar-refractivity contribution in [2.75, 3.05) is 46.8 Å². The van der Waals surface area contributed by atoms with Crippen LogP contribution in [0.3, 0.4) is 0 Å². The van der Waals surface area contributed by atoms with Crippen LogP contribution in [0.15, 0.2) is 24.7 Å². The molecular formula is C27H31N5O6. The number of fused-ring (bicyclic) bond motifs is 2. The van der Waals surface area contributed by atoms with Crippen LogP contribution in [0.5, 0.6) is 17.2 Å². The van der Waals surface area contributed by atoms with E-state index in [1.54, 1.807) is 6.20 Å². The smallest absolute Gasteiger partial charge is 0.255 e. The quantitative estimate of drug-likeness (QED) is 0.440. The van der Waals surface area contributed by atoms with Gasteiger partial charge in [0.15, 0.2) is 11.5 Å². The van der Waals surface area contributed by atoms with Crippen molar-refractivity contribution < 1.29 is 28.5 Å². The molecule has 1 aromatic carbocycles. The number of piperidine rings is 1. The van der Waals surface area contributed by atoms with E-state index in [-0.39, 0.29) is 25.2 Å². The monoisotopic (exact) mass is 521 g/mol. The lowest BCUT2D eigenvalue weighted by Gasteiger charge is -2.31. The highest BCUT2D eigenvalue weighted by Crippen LogP contribution is 2.48. The van der Waals surface area contributed by atoms with E-state index in [2.05, 4.69) is 20.3 Å². The maximum atomic E-state index is 13.2. The Morgan fingerprint density at radius 1 is 1.13 bits per heavy atom. The van der Waals surface area contributed by atoms with Crippen molar-refractivity contribution in [1.29, 1.82) is 0 Å². The number of carbonyl (C=O) groups excluding carboxylic acids is 2. The van der Waals surface area contributed by atoms with Gasteiger partial charge in [0.1, 0.15) is 29.9 Å². The molecule has 0 spiro atoms. The minimum absolute atomic E-state index is 0.00591. The maximum absolute atomic E-state index is 13.2. The van der Waals surface area contributed by atoms with Crippen LogP contribution < -0.4 is 19.5 Å². The Hall–Kier alpha value is -3.86. The number of carbonyl (C=O) groups is 2. The second-order valence-corrected chi connectivity index (χ2v) is 10.0. The van der Waals surface area contributed by atoms with Crippen LogP contribution in [0.4, 0.5) is 0 Å². The topological polar surface area (TPSA) is 128 Å². The average Bonchev–Trinajstić information content (AvgIpc) is 3.46. The third-order valence-electron chi connectivity index (χ3n) is 7.40. The summed E-state index contributed by atoms with van der Waals surface area (Å²) in [5.41, 5.74) is 2.88. The van der Waals surface area contributed by atoms with Crippen molar-refractivity contribution in [3.8, 4) is 28.5 Å². The highest BCUT2D eigenvalue weighted by Gasteiger charge is 2.29. The van der Waals surface area contributed by atoms with E-state index in [9.17, 15) is 9.59 Å². The molecule has 2 fully saturated rings. The third-order valence-corrected chi connectivity index (χ3v) is 7.40. The van der Waals surface area contributed by atoms with Crippen LogP contribution in [0.2, 0.25) is 0 Å². The minimum Gasteiger partial charge on any atom is -0.492 e. The summed E-state index contributed by atoms with van der Waals surface area (Å²) in [5, 5.41) is 3.05. The molecule has 11 heteroatoms. The van der Waals surface area contributed by atoms with Gasteiger partial charge in [-0.25, -0.2) is 9.97 Å². The predicted molar refractivity (Wildman–Crippen MR) is 137 cm³/mol. The molecule has 4 heterocycles. The zero-order valence-corrected chi connectivity index (χ0v) is 21.3. The second-order valence-electron chi connectivity index (χ2n) is 10.0. The summed E-state index contributed by atoms with van der Waals surface area (Å²) < 4.78 is 22.5. The van der Waals surface area contributed by atoms with Gasteiger partial charge in [0, 0.05) is 32.9 Å². The molecule has 2 aliphatic heterocycles. The summed E-state index contributed by atoms with van der Waals surface area (Å²) in [6, 6.07) is 3.72. The molecule has 3 aliphatic rings. The van der Waals surface area contributed by atoms with Crippen molar-refractivity contribution in [2.45, 2.75) is 25.7 Å². The summed E-state index contributed by atoms with van der Waals surface area (Å²) >= 11 is 0. The zero-order valence-electron chi connectivity index (χ0n) is 21.3. The number of hydrogen-bond donors (Lipinski definition) is 2. The number of ether oxygens (including phenoxy) is 4. The van der Waals surface area contributed by atoms with Crippen LogP contribution in [0, 0.1) is 11.8 Å². The molecule has 1 saturated carbocycles. The molecule has 3 aromatic rings. The van der Waals surface area contributed by atoms with E-state index < -0.39 is 0 Å². The molecule has 11 nitrogen and oxygen atoms in total. The second kappa shape index (κ2) is 10.5. The Balaban J connectivity index is 1.19. The van der Waals surface area contributed by atoms with Crippen molar-refractivity contribution in [3.05, 3.63) is 30.2 Å². The molecule has 2 N–H and O–H groups in total. The molecule has 1 aliphatic carbocycles. The zero-order chi connectivity index (χ0) is 26.1. The lowest BCUT2D eigenvalue weighted by molar-refractivity contribution is -0.136. The number of methoxy groups -OCH3 is 1. The Kier molecular flexibility index (Phi) is 6.75. The molecule has 0 atom stereocenters. The first kappa shape index (κ1) is 24.5. The van der Waals surface area contributed by atoms with Gasteiger partial charge in [-0.3, -0.25) is 9.59 Å². The summed E-state index contributed by atoms with van der Waals surface area (Å²) in [6.07, 6.45) is 7.14. The predicted octanol–water partition coefficient (Wildman–Crippen LogP) is 2.76. The standard InChI is InChI=1S/C27H31N5O6/c1-35-13-21(33)32-8-6-16(7-9-32)10-29-27(34)18-11-28-25-23(18)30-14-31-24(25)22-19(36-12-17-2-3-17)4-5-20-26(22)38-15-37-20/h4-5,11,14,16-17,28H,2-3,6-10,12-13,15H2,1H3,(H,29,34). The lowest BCUT2D eigenvalue weighted by Crippen LogP contribution is -2.42. The van der Waals surface area contributed by atoms with Crippen LogP contribution in [0.1, 0.15) is 36.0 Å². The fourth-order valence-corrected chi connectivity index (χ4v) is 5.03. The normalized spacial score (nSPS) is 17.1. The van der Waals surface area contributed by atoms with Gasteiger partial charge in [-0.1, -0.05) is 0 Å². The van der Waals surface area contributed by atoms with Gasteiger partial charge in [-0.05, 0) is 49.7 Å². The van der Waals surface area contributed by atoms with Crippen LogP contribution in [-0.2, 0) is 9.53 Å². The molecule has 6 rings (SSSR count). The summed E-state index contributed by atoms with van der Waals surface area (Å²) in [6.45, 7) is 2.74. The fraction of sp³-hybridized carbons (Fsp3) is 0.481. The number of benzene rings is 1. The van der Waals surface area contributed by atoms with Crippen molar-refractivity contribution in [2.24, 2.45) is 11.8 Å². The number of likely N-dealkylation sites (tertiary alicyclic amines) is 1. The number of hydrogen-bond acceptors (Lipinski definition) is 8. The number of nitrogens with one attached hydrogen (secondary N) is 2. The van der Waals surface area contributed by atoms with Gasteiger partial charge in [-0.2, -0.15) is 0 Å². The highest BCUT2D eigenvalue weighted by molar-refractivity contribution is 6.08. The Labute approximate surface area is 219 Å². The Morgan fingerprint density at radius 3 is 2.76 bits per heavy atom. The van der Waals surface area contributed by atoms with Crippen LogP contribution in [-0.4, -0.2) is 78.4 Å².